The second kappa shape index (κ2) is 10.8. The number of nitrogens with zero attached hydrogens (tertiary/aromatic N) is 3. The Bertz CT molecular complexity index is 3110. The summed E-state index contributed by atoms with van der Waals surface area (Å²) in [7, 11) is 0. The largest absolute Gasteiger partial charge is 0.309 e. The number of para-hydroxylation sites is 4. The lowest BCUT2D eigenvalue weighted by molar-refractivity contribution is 1.07. The fourth-order valence-corrected chi connectivity index (χ4v) is 8.52. The molecule has 0 fully saturated rings. The lowest BCUT2D eigenvalue weighted by Crippen LogP contribution is -2.01. The molecular formula is C48H31N3. The second-order valence-corrected chi connectivity index (χ2v) is 13.3. The Hall–Kier alpha value is -6.84. The first kappa shape index (κ1) is 28.0. The third-order valence-corrected chi connectivity index (χ3v) is 10.6. The average Bonchev–Trinajstić information content (AvgIpc) is 3.84. The van der Waals surface area contributed by atoms with Crippen molar-refractivity contribution in [1.82, 2.24) is 13.7 Å². The molecule has 0 N–H and O–H groups in total. The molecule has 0 amide bonds. The van der Waals surface area contributed by atoms with E-state index < -0.39 is 0 Å². The van der Waals surface area contributed by atoms with Crippen molar-refractivity contribution in [1.29, 1.82) is 0 Å². The number of fused-ring (bicyclic) bond motifs is 10. The van der Waals surface area contributed by atoms with E-state index >= 15 is 0 Å². The van der Waals surface area contributed by atoms with E-state index in [1.165, 1.54) is 76.5 Å². The van der Waals surface area contributed by atoms with Crippen molar-refractivity contribution in [3.63, 3.8) is 0 Å². The summed E-state index contributed by atoms with van der Waals surface area (Å²) < 4.78 is 7.35. The van der Waals surface area contributed by atoms with Crippen molar-refractivity contribution >= 4 is 65.4 Å². The molecule has 8 aromatic carbocycles. The Morgan fingerprint density at radius 1 is 0.275 bits per heavy atom. The quantitative estimate of drug-likeness (QED) is 0.180. The summed E-state index contributed by atoms with van der Waals surface area (Å²) in [6.45, 7) is 0. The van der Waals surface area contributed by atoms with Crippen molar-refractivity contribution in [2.24, 2.45) is 0 Å². The minimum atomic E-state index is 1.14. The topological polar surface area (TPSA) is 14.8 Å². The van der Waals surface area contributed by atoms with Gasteiger partial charge in [0.25, 0.3) is 0 Å². The molecule has 11 aromatic rings. The van der Waals surface area contributed by atoms with Crippen LogP contribution in [0.3, 0.4) is 0 Å². The molecule has 0 unspecified atom stereocenters. The summed E-state index contributed by atoms with van der Waals surface area (Å²) in [5.74, 6) is 0. The highest BCUT2D eigenvalue weighted by Crippen LogP contribution is 2.44. The Morgan fingerprint density at radius 3 is 1.41 bits per heavy atom. The zero-order chi connectivity index (χ0) is 33.5. The van der Waals surface area contributed by atoms with E-state index in [4.69, 9.17) is 0 Å². The van der Waals surface area contributed by atoms with Gasteiger partial charge in [0.05, 0.1) is 22.1 Å². The first-order valence-electron chi connectivity index (χ1n) is 17.5. The number of rotatable bonds is 4. The van der Waals surface area contributed by atoms with Crippen LogP contribution in [0.5, 0.6) is 0 Å². The van der Waals surface area contributed by atoms with Gasteiger partial charge in [0.15, 0.2) is 0 Å². The summed E-state index contributed by atoms with van der Waals surface area (Å²) in [6, 6.07) is 68.3. The van der Waals surface area contributed by atoms with Crippen LogP contribution < -0.4 is 0 Å². The highest BCUT2D eigenvalue weighted by atomic mass is 15.1. The van der Waals surface area contributed by atoms with Crippen LogP contribution in [0.15, 0.2) is 188 Å². The SMILES string of the molecule is c1ccc(-c2cc3c(c4ccccc24)c2cc(-n4c5ccccc5c5c6ccccc6n(-c6ccccc6)c54)ccc2n3-c2ccccc2)cc1. The number of benzene rings is 8. The smallest absolute Gasteiger partial charge is 0.131 e. The van der Waals surface area contributed by atoms with Gasteiger partial charge < -0.3 is 4.57 Å². The summed E-state index contributed by atoms with van der Waals surface area (Å²) >= 11 is 0. The van der Waals surface area contributed by atoms with Crippen molar-refractivity contribution in [2.75, 3.05) is 0 Å². The summed E-state index contributed by atoms with van der Waals surface area (Å²) in [5, 5.41) is 8.79. The molecule has 0 radical (unpaired) electrons. The molecule has 3 aromatic heterocycles. The maximum atomic E-state index is 2.48. The van der Waals surface area contributed by atoms with Crippen LogP contribution in [0, 0.1) is 0 Å². The van der Waals surface area contributed by atoms with Crippen LogP contribution in [-0.4, -0.2) is 13.7 Å². The minimum Gasteiger partial charge on any atom is -0.309 e. The summed E-state index contributed by atoms with van der Waals surface area (Å²) in [4.78, 5) is 0. The van der Waals surface area contributed by atoms with Crippen molar-refractivity contribution in [3.8, 4) is 28.2 Å². The van der Waals surface area contributed by atoms with E-state index in [2.05, 4.69) is 202 Å². The molecule has 0 bridgehead atoms. The van der Waals surface area contributed by atoms with Crippen molar-refractivity contribution in [3.05, 3.63) is 188 Å². The molecular weight excluding hydrogens is 619 g/mol. The lowest BCUT2D eigenvalue weighted by atomic mass is 9.95. The molecule has 0 aliphatic heterocycles. The van der Waals surface area contributed by atoms with E-state index in [0.717, 1.165) is 17.1 Å². The molecule has 0 aliphatic carbocycles. The molecule has 51 heavy (non-hydrogen) atoms. The first-order valence-corrected chi connectivity index (χ1v) is 17.5. The fourth-order valence-electron chi connectivity index (χ4n) is 8.52. The lowest BCUT2D eigenvalue weighted by Gasteiger charge is -2.13. The third-order valence-electron chi connectivity index (χ3n) is 10.6. The van der Waals surface area contributed by atoms with Crippen molar-refractivity contribution in [2.45, 2.75) is 0 Å². The highest BCUT2D eigenvalue weighted by Gasteiger charge is 2.23. The minimum absolute atomic E-state index is 1.14. The van der Waals surface area contributed by atoms with Gasteiger partial charge in [-0.3, -0.25) is 9.13 Å². The predicted octanol–water partition coefficient (Wildman–Crippen LogP) is 12.6. The van der Waals surface area contributed by atoms with Crippen LogP contribution in [0.4, 0.5) is 0 Å². The maximum absolute atomic E-state index is 2.48. The van der Waals surface area contributed by atoms with Gasteiger partial charge in [-0.2, -0.15) is 0 Å². The van der Waals surface area contributed by atoms with Gasteiger partial charge in [-0.1, -0.05) is 127 Å². The monoisotopic (exact) mass is 649 g/mol. The maximum Gasteiger partial charge on any atom is 0.131 e. The molecule has 3 nitrogen and oxygen atoms in total. The predicted molar refractivity (Wildman–Crippen MR) is 215 cm³/mol. The Morgan fingerprint density at radius 2 is 0.765 bits per heavy atom. The Balaban J connectivity index is 1.31. The molecule has 0 saturated carbocycles. The van der Waals surface area contributed by atoms with Crippen LogP contribution in [-0.2, 0) is 0 Å². The van der Waals surface area contributed by atoms with Crippen LogP contribution in [0.1, 0.15) is 0 Å². The fraction of sp³-hybridized carbons (Fsp3) is 0. The summed E-state index contributed by atoms with van der Waals surface area (Å²) in [6.07, 6.45) is 0. The van der Waals surface area contributed by atoms with Gasteiger partial charge >= 0.3 is 0 Å². The summed E-state index contributed by atoms with van der Waals surface area (Å²) in [5.41, 5.74) is 11.9. The van der Waals surface area contributed by atoms with E-state index in [9.17, 15) is 0 Å². The van der Waals surface area contributed by atoms with E-state index in [1.54, 1.807) is 0 Å². The molecule has 0 atom stereocenters. The van der Waals surface area contributed by atoms with Crippen LogP contribution in [0.25, 0.3) is 93.6 Å². The Labute approximate surface area is 294 Å². The molecule has 238 valence electrons. The van der Waals surface area contributed by atoms with Gasteiger partial charge in [0.2, 0.25) is 0 Å². The van der Waals surface area contributed by atoms with Crippen LogP contribution >= 0.6 is 0 Å². The molecule has 0 saturated heterocycles. The third kappa shape index (κ3) is 4.00. The number of hydrogen-bond acceptors (Lipinski definition) is 0. The van der Waals surface area contributed by atoms with Gasteiger partial charge in [0.1, 0.15) is 5.65 Å². The van der Waals surface area contributed by atoms with Crippen molar-refractivity contribution < 1.29 is 0 Å². The van der Waals surface area contributed by atoms with E-state index in [1.807, 2.05) is 0 Å². The van der Waals surface area contributed by atoms with Gasteiger partial charge in [0, 0.05) is 44.0 Å². The molecule has 0 aliphatic rings. The zero-order valence-electron chi connectivity index (χ0n) is 27.7. The number of hydrogen-bond donors (Lipinski definition) is 0. The number of aromatic nitrogens is 3. The standard InChI is InChI=1S/C48H31N3/c1-4-16-32(17-5-1)40-31-45-46(37-23-11-10-22-36(37)40)41-30-35(28-29-44(41)49(45)33-18-6-2-7-19-33)51-43-27-15-13-25-39(43)47-38-24-12-14-26-42(38)50(48(47)51)34-20-8-3-9-21-34/h1-31H. The molecule has 3 heterocycles. The zero-order valence-corrected chi connectivity index (χ0v) is 27.7. The van der Waals surface area contributed by atoms with Crippen LogP contribution in [0.2, 0.25) is 0 Å². The molecule has 11 rings (SSSR count). The molecule has 3 heteroatoms. The Kier molecular flexibility index (Phi) is 5.96. The van der Waals surface area contributed by atoms with Gasteiger partial charge in [-0.25, -0.2) is 0 Å². The first-order chi connectivity index (χ1) is 25.3. The highest BCUT2D eigenvalue weighted by molar-refractivity contribution is 6.25. The van der Waals surface area contributed by atoms with Gasteiger partial charge in [-0.05, 0) is 82.6 Å². The second-order valence-electron chi connectivity index (χ2n) is 13.3. The van der Waals surface area contributed by atoms with E-state index in [0.29, 0.717) is 0 Å². The van der Waals surface area contributed by atoms with E-state index in [-0.39, 0.29) is 0 Å². The molecule has 0 spiro atoms. The van der Waals surface area contributed by atoms with Gasteiger partial charge in [-0.15, -0.1) is 0 Å². The normalized spacial score (nSPS) is 11.9. The average molecular weight is 650 g/mol.